The third-order valence-electron chi connectivity index (χ3n) is 4.66. The Bertz CT molecular complexity index is 209. The van der Waals surface area contributed by atoms with E-state index in [-0.39, 0.29) is 0 Å². The van der Waals surface area contributed by atoms with Gasteiger partial charge in [0.2, 0.25) is 0 Å². The van der Waals surface area contributed by atoms with Crippen LogP contribution in [0.4, 0.5) is 0 Å². The van der Waals surface area contributed by atoms with E-state index in [1.165, 1.54) is 64.6 Å². The van der Waals surface area contributed by atoms with E-state index in [4.69, 9.17) is 0 Å². The number of nitrogens with zero attached hydrogens (tertiary/aromatic N) is 1. The zero-order valence-corrected chi connectivity index (χ0v) is 11.1. The second kappa shape index (κ2) is 5.50. The Morgan fingerprint density at radius 1 is 1.19 bits per heavy atom. The summed E-state index contributed by atoms with van der Waals surface area (Å²) < 4.78 is 0. The van der Waals surface area contributed by atoms with Crippen LogP contribution in [0, 0.1) is 5.41 Å². The number of hydrogen-bond acceptors (Lipinski definition) is 2. The highest BCUT2D eigenvalue weighted by molar-refractivity contribution is 4.84. The molecule has 1 atom stereocenters. The lowest BCUT2D eigenvalue weighted by atomic mass is 9.89. The van der Waals surface area contributed by atoms with E-state index in [1.54, 1.807) is 0 Å². The van der Waals surface area contributed by atoms with Crippen LogP contribution in [0.3, 0.4) is 0 Å². The fourth-order valence-electron chi connectivity index (χ4n) is 3.35. The van der Waals surface area contributed by atoms with Crippen LogP contribution >= 0.6 is 0 Å². The van der Waals surface area contributed by atoms with Crippen molar-refractivity contribution in [3.8, 4) is 0 Å². The molecule has 1 saturated carbocycles. The summed E-state index contributed by atoms with van der Waals surface area (Å²) in [4.78, 5) is 2.54. The van der Waals surface area contributed by atoms with Gasteiger partial charge in [-0.15, -0.1) is 0 Å². The summed E-state index contributed by atoms with van der Waals surface area (Å²) in [7, 11) is 2.28. The van der Waals surface area contributed by atoms with Crippen LogP contribution in [0.1, 0.15) is 51.9 Å². The molecule has 16 heavy (non-hydrogen) atoms. The third-order valence-corrected chi connectivity index (χ3v) is 4.66. The van der Waals surface area contributed by atoms with Gasteiger partial charge in [-0.2, -0.15) is 0 Å². The maximum atomic E-state index is 3.73. The highest BCUT2D eigenvalue weighted by Crippen LogP contribution is 2.36. The maximum Gasteiger partial charge on any atom is 0.0217 e. The predicted octanol–water partition coefficient (Wildman–Crippen LogP) is 2.64. The van der Waals surface area contributed by atoms with E-state index in [0.29, 0.717) is 5.41 Å². The fourth-order valence-corrected chi connectivity index (χ4v) is 3.35. The lowest BCUT2D eigenvalue weighted by Gasteiger charge is -2.34. The summed E-state index contributed by atoms with van der Waals surface area (Å²) in [6.45, 7) is 6.19. The van der Waals surface area contributed by atoms with Crippen LogP contribution in [-0.2, 0) is 0 Å². The van der Waals surface area contributed by atoms with Gasteiger partial charge in [-0.25, -0.2) is 0 Å². The first-order valence-corrected chi connectivity index (χ1v) is 7.11. The zero-order valence-electron chi connectivity index (χ0n) is 11.1. The van der Waals surface area contributed by atoms with E-state index < -0.39 is 0 Å². The van der Waals surface area contributed by atoms with Crippen molar-refractivity contribution in [1.29, 1.82) is 0 Å². The lowest BCUT2D eigenvalue weighted by Crippen LogP contribution is -2.44. The van der Waals surface area contributed by atoms with Crippen molar-refractivity contribution in [1.82, 2.24) is 10.2 Å². The van der Waals surface area contributed by atoms with E-state index in [1.807, 2.05) is 0 Å². The normalized spacial score (nSPS) is 30.8. The van der Waals surface area contributed by atoms with Crippen LogP contribution in [0.2, 0.25) is 0 Å². The van der Waals surface area contributed by atoms with Crippen LogP contribution < -0.4 is 5.32 Å². The molecule has 0 amide bonds. The Kier molecular flexibility index (Phi) is 4.26. The van der Waals surface area contributed by atoms with Gasteiger partial charge < -0.3 is 10.2 Å². The molecule has 2 aliphatic rings. The van der Waals surface area contributed by atoms with Gasteiger partial charge in [-0.05, 0) is 44.7 Å². The van der Waals surface area contributed by atoms with Crippen LogP contribution in [0.15, 0.2) is 0 Å². The van der Waals surface area contributed by atoms with Crippen LogP contribution in [-0.4, -0.2) is 37.6 Å². The molecule has 1 unspecified atom stereocenters. The largest absolute Gasteiger partial charge is 0.315 e. The topological polar surface area (TPSA) is 15.3 Å². The Morgan fingerprint density at radius 3 is 2.62 bits per heavy atom. The van der Waals surface area contributed by atoms with E-state index >= 15 is 0 Å². The van der Waals surface area contributed by atoms with Crippen LogP contribution in [0.5, 0.6) is 0 Å². The molecule has 0 aromatic heterocycles. The molecule has 0 radical (unpaired) electrons. The third kappa shape index (κ3) is 3.21. The summed E-state index contributed by atoms with van der Waals surface area (Å²) in [6, 6.07) is 0.791. The molecule has 0 spiro atoms. The van der Waals surface area contributed by atoms with Crippen molar-refractivity contribution in [3.05, 3.63) is 0 Å². The molecule has 0 bridgehead atoms. The molecular weight excluding hydrogens is 196 g/mol. The van der Waals surface area contributed by atoms with E-state index in [2.05, 4.69) is 24.2 Å². The molecule has 2 rings (SSSR count). The van der Waals surface area contributed by atoms with Crippen molar-refractivity contribution in [3.63, 3.8) is 0 Å². The molecule has 1 aliphatic carbocycles. The summed E-state index contributed by atoms with van der Waals surface area (Å²) in [5.74, 6) is 0. The van der Waals surface area contributed by atoms with Crippen molar-refractivity contribution in [2.45, 2.75) is 57.9 Å². The van der Waals surface area contributed by atoms with Gasteiger partial charge in [0, 0.05) is 19.1 Å². The molecule has 1 aliphatic heterocycles. The highest BCUT2D eigenvalue weighted by atomic mass is 15.2. The lowest BCUT2D eigenvalue weighted by molar-refractivity contribution is 0.175. The van der Waals surface area contributed by atoms with E-state index in [9.17, 15) is 0 Å². The average molecular weight is 224 g/mol. The molecule has 0 aromatic rings. The van der Waals surface area contributed by atoms with E-state index in [0.717, 1.165) is 6.04 Å². The molecule has 2 heteroatoms. The molecule has 1 heterocycles. The number of hydrogen-bond donors (Lipinski definition) is 1. The maximum absolute atomic E-state index is 3.73. The average Bonchev–Trinajstić information content (AvgIpc) is 2.68. The van der Waals surface area contributed by atoms with Gasteiger partial charge in [0.25, 0.3) is 0 Å². The summed E-state index contributed by atoms with van der Waals surface area (Å²) in [6.07, 6.45) is 9.96. The minimum atomic E-state index is 0.604. The quantitative estimate of drug-likeness (QED) is 0.790. The Labute approximate surface area is 101 Å². The Morgan fingerprint density at radius 2 is 1.94 bits per heavy atom. The fraction of sp³-hybridized carbons (Fsp3) is 1.00. The van der Waals surface area contributed by atoms with Crippen molar-refractivity contribution < 1.29 is 0 Å². The molecule has 2 fully saturated rings. The molecule has 0 aromatic carbocycles. The standard InChI is InChI=1S/C14H28N2/c1-14(8-4-5-9-14)12-15-11-13-7-3-6-10-16(13)2/h13,15H,3-12H2,1-2H3. The molecule has 1 N–H and O–H groups in total. The first-order chi connectivity index (χ1) is 7.70. The SMILES string of the molecule is CN1CCCCC1CNCC1(C)CCCC1. The second-order valence-corrected chi connectivity index (χ2v) is 6.28. The summed E-state index contributed by atoms with van der Waals surface area (Å²) >= 11 is 0. The highest BCUT2D eigenvalue weighted by Gasteiger charge is 2.28. The first kappa shape index (κ1) is 12.4. The molecule has 94 valence electrons. The van der Waals surface area contributed by atoms with Gasteiger partial charge in [0.05, 0.1) is 0 Å². The smallest absolute Gasteiger partial charge is 0.0217 e. The summed E-state index contributed by atoms with van der Waals surface area (Å²) in [5, 5.41) is 3.73. The van der Waals surface area contributed by atoms with Gasteiger partial charge >= 0.3 is 0 Å². The number of likely N-dealkylation sites (tertiary alicyclic amines) is 1. The predicted molar refractivity (Wildman–Crippen MR) is 69.7 cm³/mol. The van der Waals surface area contributed by atoms with Crippen LogP contribution in [0.25, 0.3) is 0 Å². The van der Waals surface area contributed by atoms with Gasteiger partial charge in [-0.3, -0.25) is 0 Å². The van der Waals surface area contributed by atoms with Gasteiger partial charge in [0.1, 0.15) is 0 Å². The van der Waals surface area contributed by atoms with Crippen molar-refractivity contribution >= 4 is 0 Å². The Hall–Kier alpha value is -0.0800. The molecular formula is C14H28N2. The number of piperidine rings is 1. The van der Waals surface area contributed by atoms with Gasteiger partial charge in [-0.1, -0.05) is 26.2 Å². The Balaban J connectivity index is 1.66. The number of nitrogens with one attached hydrogen (secondary N) is 1. The second-order valence-electron chi connectivity index (χ2n) is 6.28. The molecule has 2 nitrogen and oxygen atoms in total. The zero-order chi connectivity index (χ0) is 11.4. The monoisotopic (exact) mass is 224 g/mol. The summed E-state index contributed by atoms with van der Waals surface area (Å²) in [5.41, 5.74) is 0.604. The first-order valence-electron chi connectivity index (χ1n) is 7.11. The van der Waals surface area contributed by atoms with Crippen molar-refractivity contribution in [2.24, 2.45) is 5.41 Å². The number of likely N-dealkylation sites (N-methyl/N-ethyl adjacent to an activating group) is 1. The van der Waals surface area contributed by atoms with Gasteiger partial charge in [0.15, 0.2) is 0 Å². The van der Waals surface area contributed by atoms with Crippen molar-refractivity contribution in [2.75, 3.05) is 26.7 Å². The number of rotatable bonds is 4. The minimum Gasteiger partial charge on any atom is -0.315 e. The minimum absolute atomic E-state index is 0.604. The molecule has 1 saturated heterocycles.